The maximum absolute atomic E-state index is 12.4. The van der Waals surface area contributed by atoms with Gasteiger partial charge in [0.05, 0.1) is 0 Å². The van der Waals surface area contributed by atoms with Crippen molar-refractivity contribution in [3.8, 4) is 11.5 Å². The fourth-order valence-electron chi connectivity index (χ4n) is 1.44. The quantitative estimate of drug-likeness (QED) is 0.479. The number of benzene rings is 1. The molecule has 0 atom stereocenters. The minimum Gasteiger partial charge on any atom is -0.449 e. The first kappa shape index (κ1) is 19.3. The summed E-state index contributed by atoms with van der Waals surface area (Å²) in [5, 5.41) is 0. The molecule has 19 heavy (non-hydrogen) atoms. The molecule has 0 saturated heterocycles. The summed E-state index contributed by atoms with van der Waals surface area (Å²) in [6.45, 7) is 1.38. The average molecular weight is 309 g/mol. The molecule has 0 spiro atoms. The number of rotatable bonds is 2. The topological polar surface area (TPSA) is 26.0 Å². The summed E-state index contributed by atoms with van der Waals surface area (Å²) in [6.07, 6.45) is -0.910. The van der Waals surface area contributed by atoms with Gasteiger partial charge in [0.25, 0.3) is 0 Å². The maximum atomic E-state index is 12.4. The zero-order valence-electron chi connectivity index (χ0n) is 11.7. The molecule has 0 saturated carbocycles. The van der Waals surface area contributed by atoms with Gasteiger partial charge in [0.1, 0.15) is 8.07 Å². The molecule has 0 heterocycles. The van der Waals surface area contributed by atoms with Crippen molar-refractivity contribution < 1.29 is 64.3 Å². The molecule has 1 rings (SSSR count). The van der Waals surface area contributed by atoms with E-state index in [0.717, 1.165) is 0 Å². The molecular formula is C12H16BF3KNSi. The van der Waals surface area contributed by atoms with Crippen molar-refractivity contribution in [3.05, 3.63) is 29.3 Å². The van der Waals surface area contributed by atoms with E-state index in [1.807, 2.05) is 0 Å². The minimum atomic E-state index is -4.84. The standard InChI is InChI=1S/C12H16BF3NSi.K/c1-18(2,3)5-4-10-6-11(8-12(17)7-10)9-13(14,15)16;/h6-8H,9,17H2,1-3H3;/q-1;+1. The van der Waals surface area contributed by atoms with Crippen molar-refractivity contribution in [2.45, 2.75) is 26.0 Å². The Bertz CT molecular complexity index is 500. The van der Waals surface area contributed by atoms with Crippen LogP contribution in [-0.4, -0.2) is 15.1 Å². The van der Waals surface area contributed by atoms with E-state index in [1.54, 1.807) is 6.07 Å². The van der Waals surface area contributed by atoms with Gasteiger partial charge in [-0.2, -0.15) is 0 Å². The van der Waals surface area contributed by atoms with Gasteiger partial charge in [-0.05, 0) is 18.2 Å². The van der Waals surface area contributed by atoms with E-state index < -0.39 is 21.4 Å². The molecule has 0 amide bonds. The number of nitrogen functional groups attached to an aromatic ring is 1. The monoisotopic (exact) mass is 309 g/mol. The fraction of sp³-hybridized carbons (Fsp3) is 0.333. The molecule has 0 aromatic heterocycles. The second-order valence-electron chi connectivity index (χ2n) is 5.38. The predicted molar refractivity (Wildman–Crippen MR) is 73.9 cm³/mol. The van der Waals surface area contributed by atoms with E-state index in [0.29, 0.717) is 11.3 Å². The van der Waals surface area contributed by atoms with Crippen LogP contribution in [0.1, 0.15) is 11.1 Å². The van der Waals surface area contributed by atoms with Crippen LogP contribution in [0.3, 0.4) is 0 Å². The van der Waals surface area contributed by atoms with Crippen molar-refractivity contribution in [1.29, 1.82) is 0 Å². The largest absolute Gasteiger partial charge is 1.00 e. The number of halogens is 3. The molecule has 0 unspecified atom stereocenters. The Balaban J connectivity index is 0.00000324. The molecule has 1 aromatic carbocycles. The van der Waals surface area contributed by atoms with Gasteiger partial charge < -0.3 is 18.7 Å². The molecule has 1 nitrogen and oxygen atoms in total. The van der Waals surface area contributed by atoms with Crippen LogP contribution >= 0.6 is 0 Å². The van der Waals surface area contributed by atoms with Gasteiger partial charge in [0.15, 0.2) is 0 Å². The molecule has 0 aliphatic heterocycles. The SMILES string of the molecule is C[Si](C)(C)C#Cc1cc(N)cc(C[B-](F)(F)F)c1.[K+]. The molecular weight excluding hydrogens is 293 g/mol. The maximum Gasteiger partial charge on any atom is 1.00 e. The Morgan fingerprint density at radius 1 is 1.16 bits per heavy atom. The van der Waals surface area contributed by atoms with Crippen LogP contribution < -0.4 is 57.1 Å². The van der Waals surface area contributed by atoms with Gasteiger partial charge in [-0.25, -0.2) is 0 Å². The van der Waals surface area contributed by atoms with Gasteiger partial charge in [-0.3, -0.25) is 0 Å². The van der Waals surface area contributed by atoms with E-state index in [2.05, 4.69) is 31.1 Å². The van der Waals surface area contributed by atoms with Crippen LogP contribution in [0.4, 0.5) is 18.6 Å². The number of anilines is 1. The van der Waals surface area contributed by atoms with Crippen molar-refractivity contribution in [2.24, 2.45) is 0 Å². The van der Waals surface area contributed by atoms with E-state index in [1.165, 1.54) is 12.1 Å². The van der Waals surface area contributed by atoms with Crippen molar-refractivity contribution in [3.63, 3.8) is 0 Å². The first-order valence-electron chi connectivity index (χ1n) is 5.69. The number of hydrogen-bond acceptors (Lipinski definition) is 1. The van der Waals surface area contributed by atoms with Gasteiger partial charge in [-0.15, -0.1) is 5.54 Å². The Morgan fingerprint density at radius 3 is 2.21 bits per heavy atom. The molecule has 0 radical (unpaired) electrons. The Morgan fingerprint density at radius 2 is 1.74 bits per heavy atom. The van der Waals surface area contributed by atoms with Crippen LogP contribution in [0.15, 0.2) is 18.2 Å². The second-order valence-corrected chi connectivity index (χ2v) is 10.1. The molecule has 98 valence electrons. The Kier molecular flexibility index (Phi) is 7.45. The zero-order valence-corrected chi connectivity index (χ0v) is 15.9. The average Bonchev–Trinajstić information content (AvgIpc) is 2.09. The zero-order chi connectivity index (χ0) is 14.0. The summed E-state index contributed by atoms with van der Waals surface area (Å²) in [4.78, 5) is 0. The Hall–Kier alpha value is 0.288. The van der Waals surface area contributed by atoms with Crippen LogP contribution in [0, 0.1) is 11.5 Å². The van der Waals surface area contributed by atoms with Crippen LogP contribution in [-0.2, 0) is 6.32 Å². The molecule has 1 aromatic rings. The molecule has 0 aliphatic rings. The minimum absolute atomic E-state index is 0. The fourth-order valence-corrected chi connectivity index (χ4v) is 1.95. The van der Waals surface area contributed by atoms with Crippen molar-refractivity contribution in [2.75, 3.05) is 5.73 Å². The molecule has 0 bridgehead atoms. The van der Waals surface area contributed by atoms with Crippen molar-refractivity contribution in [1.82, 2.24) is 0 Å². The van der Waals surface area contributed by atoms with E-state index in [4.69, 9.17) is 5.73 Å². The second kappa shape index (κ2) is 7.34. The summed E-state index contributed by atoms with van der Waals surface area (Å²) in [6, 6.07) is 4.44. The summed E-state index contributed by atoms with van der Waals surface area (Å²) >= 11 is 0. The van der Waals surface area contributed by atoms with E-state index in [-0.39, 0.29) is 56.9 Å². The Labute approximate surface area is 156 Å². The number of hydrogen-bond donors (Lipinski definition) is 1. The van der Waals surface area contributed by atoms with Crippen LogP contribution in [0.5, 0.6) is 0 Å². The van der Waals surface area contributed by atoms with Gasteiger partial charge in [0.2, 0.25) is 0 Å². The van der Waals surface area contributed by atoms with Gasteiger partial charge in [-0.1, -0.05) is 37.4 Å². The first-order valence-corrected chi connectivity index (χ1v) is 9.19. The van der Waals surface area contributed by atoms with Crippen molar-refractivity contribution >= 4 is 20.7 Å². The summed E-state index contributed by atoms with van der Waals surface area (Å²) in [7, 11) is -1.54. The third-order valence-electron chi connectivity index (χ3n) is 2.06. The first-order chi connectivity index (χ1) is 8.05. The smallest absolute Gasteiger partial charge is 0.449 e. The molecule has 2 N–H and O–H groups in total. The van der Waals surface area contributed by atoms with E-state index in [9.17, 15) is 12.9 Å². The normalized spacial score (nSPS) is 11.3. The predicted octanol–water partition coefficient (Wildman–Crippen LogP) is 0.431. The molecule has 0 aliphatic carbocycles. The van der Waals surface area contributed by atoms with Gasteiger partial charge >= 0.3 is 58.4 Å². The van der Waals surface area contributed by atoms with Crippen LogP contribution in [0.25, 0.3) is 0 Å². The molecule has 0 fully saturated rings. The summed E-state index contributed by atoms with van der Waals surface area (Å²) in [5.74, 6) is 2.92. The van der Waals surface area contributed by atoms with Crippen LogP contribution in [0.2, 0.25) is 19.6 Å². The molecule has 7 heteroatoms. The number of nitrogens with two attached hydrogens (primary N) is 1. The third kappa shape index (κ3) is 8.95. The summed E-state index contributed by atoms with van der Waals surface area (Å²) in [5.41, 5.74) is 9.78. The van der Waals surface area contributed by atoms with E-state index >= 15 is 0 Å². The van der Waals surface area contributed by atoms with Gasteiger partial charge in [0, 0.05) is 11.3 Å². The summed E-state index contributed by atoms with van der Waals surface area (Å²) < 4.78 is 37.1. The third-order valence-corrected chi connectivity index (χ3v) is 2.94.